The van der Waals surface area contributed by atoms with Crippen LogP contribution in [0.2, 0.25) is 0 Å². The van der Waals surface area contributed by atoms with E-state index in [4.69, 9.17) is 9.72 Å². The van der Waals surface area contributed by atoms with Gasteiger partial charge in [-0.05, 0) is 25.3 Å². The number of aliphatic hydroxyl groups excluding tert-OH is 2. The Morgan fingerprint density at radius 2 is 1.97 bits per heavy atom. The summed E-state index contributed by atoms with van der Waals surface area (Å²) in [5.41, 5.74) is 2.56. The molecule has 5 rings (SSSR count). The maximum Gasteiger partial charge on any atom is 0.224 e. The van der Waals surface area contributed by atoms with E-state index in [2.05, 4.69) is 25.6 Å². The van der Waals surface area contributed by atoms with Gasteiger partial charge in [0.05, 0.1) is 40.5 Å². The molecule has 3 aromatic rings. The second kappa shape index (κ2) is 11.3. The highest BCUT2D eigenvalue weighted by Crippen LogP contribution is 2.44. The Morgan fingerprint density at radius 1 is 1.19 bits per heavy atom. The number of aromatic nitrogens is 4. The number of ether oxygens (including phenoxy) is 1. The van der Waals surface area contributed by atoms with E-state index in [9.17, 15) is 18.6 Å². The monoisotopic (exact) mass is 570 g/mol. The van der Waals surface area contributed by atoms with Crippen LogP contribution in [0.25, 0.3) is 20.8 Å². The van der Waals surface area contributed by atoms with Crippen molar-refractivity contribution >= 4 is 55.6 Å². The number of methoxy groups -OCH3 is 1. The predicted molar refractivity (Wildman–Crippen MR) is 145 cm³/mol. The topological polar surface area (TPSA) is 159 Å². The maximum atomic E-state index is 11.8. The Labute approximate surface area is 225 Å². The van der Waals surface area contributed by atoms with Gasteiger partial charge in [-0.1, -0.05) is 0 Å². The first-order chi connectivity index (χ1) is 17.2. The highest BCUT2D eigenvalue weighted by molar-refractivity contribution is 7.90. The van der Waals surface area contributed by atoms with E-state index in [0.717, 1.165) is 35.0 Å². The van der Waals surface area contributed by atoms with Crippen LogP contribution in [0.1, 0.15) is 30.9 Å². The number of fused-ring (bicyclic) bond motifs is 1. The molecular weight excluding hydrogens is 540 g/mol. The molecule has 2 fully saturated rings. The van der Waals surface area contributed by atoms with Gasteiger partial charge < -0.3 is 25.6 Å². The van der Waals surface area contributed by atoms with Crippen molar-refractivity contribution in [2.75, 3.05) is 42.9 Å². The molecule has 202 valence electrons. The molecular formula is C23H31ClN6O5S2. The number of hydrogen-bond acceptors (Lipinski definition) is 12. The molecule has 4 atom stereocenters. The summed E-state index contributed by atoms with van der Waals surface area (Å²) in [7, 11) is -1.71. The summed E-state index contributed by atoms with van der Waals surface area (Å²) in [4.78, 5) is 18.5. The molecule has 3 aromatic heterocycles. The van der Waals surface area contributed by atoms with Crippen molar-refractivity contribution in [1.82, 2.24) is 19.9 Å². The molecule has 3 heterocycles. The van der Waals surface area contributed by atoms with E-state index in [1.54, 1.807) is 13.3 Å². The van der Waals surface area contributed by atoms with E-state index in [-0.39, 0.29) is 24.6 Å². The molecule has 0 spiro atoms. The lowest BCUT2D eigenvalue weighted by Crippen LogP contribution is -2.36. The quantitative estimate of drug-likeness (QED) is 0.264. The summed E-state index contributed by atoms with van der Waals surface area (Å²) in [6.45, 7) is 0.984. The molecule has 0 aliphatic heterocycles. The third-order valence-corrected chi connectivity index (χ3v) is 8.64. The Morgan fingerprint density at radius 3 is 2.68 bits per heavy atom. The largest absolute Gasteiger partial charge is 0.390 e. The zero-order valence-corrected chi connectivity index (χ0v) is 22.9. The van der Waals surface area contributed by atoms with Crippen molar-refractivity contribution in [3.63, 3.8) is 0 Å². The lowest BCUT2D eigenvalue weighted by atomic mass is 10.1. The van der Waals surface area contributed by atoms with Crippen LogP contribution in [0, 0.1) is 5.92 Å². The lowest BCUT2D eigenvalue weighted by molar-refractivity contribution is 0.0216. The van der Waals surface area contributed by atoms with Crippen LogP contribution in [-0.2, 0) is 14.6 Å². The minimum Gasteiger partial charge on any atom is -0.390 e. The van der Waals surface area contributed by atoms with Crippen molar-refractivity contribution in [1.29, 1.82) is 0 Å². The number of sulfone groups is 1. The zero-order valence-electron chi connectivity index (χ0n) is 20.5. The standard InChI is InChI=1S/C23H30N6O5S2.ClH/c1-34-8-7-25-23-26-10-14(22-28-18-16(35-22)5-6-24-17(18)12-3-4-12)21(29-23)27-15-9-13(11-36(2,32)33)19(30)20(15)31;/h5-6,10,12-13,15,19-20,30-31H,3-4,7-9,11H2,1-2H3,(H2,25,26,27,29);1H/t13-,15-,19-,20+;/m1./s1. The molecule has 2 aliphatic carbocycles. The number of aliphatic hydroxyl groups is 2. The molecule has 4 N–H and O–H groups in total. The number of nitrogens with one attached hydrogen (secondary N) is 2. The number of rotatable bonds is 10. The highest BCUT2D eigenvalue weighted by atomic mass is 35.5. The third-order valence-electron chi connectivity index (χ3n) is 6.55. The summed E-state index contributed by atoms with van der Waals surface area (Å²) < 4.78 is 29.7. The fourth-order valence-corrected chi connectivity index (χ4v) is 6.73. The molecule has 2 aliphatic rings. The summed E-state index contributed by atoms with van der Waals surface area (Å²) in [5, 5.41) is 28.3. The zero-order chi connectivity index (χ0) is 25.4. The molecule has 14 heteroatoms. The first kappa shape index (κ1) is 27.9. The predicted octanol–water partition coefficient (Wildman–Crippen LogP) is 2.07. The Balaban J connectivity index is 0.00000320. The van der Waals surface area contributed by atoms with Gasteiger partial charge in [-0.25, -0.2) is 18.4 Å². The van der Waals surface area contributed by atoms with E-state index in [0.29, 0.717) is 41.4 Å². The van der Waals surface area contributed by atoms with E-state index < -0.39 is 34.0 Å². The molecule has 0 unspecified atom stereocenters. The van der Waals surface area contributed by atoms with Crippen LogP contribution in [0.3, 0.4) is 0 Å². The van der Waals surface area contributed by atoms with Crippen LogP contribution >= 0.6 is 23.7 Å². The minimum absolute atomic E-state index is 0. The van der Waals surface area contributed by atoms with E-state index >= 15 is 0 Å². The molecule has 0 saturated heterocycles. The van der Waals surface area contributed by atoms with Gasteiger partial charge in [-0.2, -0.15) is 4.98 Å². The second-order valence-corrected chi connectivity index (χ2v) is 12.7. The van der Waals surface area contributed by atoms with Crippen molar-refractivity contribution < 1.29 is 23.4 Å². The number of pyridine rings is 1. The molecule has 37 heavy (non-hydrogen) atoms. The number of anilines is 2. The van der Waals surface area contributed by atoms with Crippen LogP contribution < -0.4 is 10.6 Å². The normalized spacial score (nSPS) is 23.7. The summed E-state index contributed by atoms with van der Waals surface area (Å²) in [6, 6.07) is 1.36. The second-order valence-electron chi connectivity index (χ2n) is 9.53. The van der Waals surface area contributed by atoms with Gasteiger partial charge in [-0.3, -0.25) is 4.98 Å². The Kier molecular flexibility index (Phi) is 8.51. The van der Waals surface area contributed by atoms with E-state index in [1.165, 1.54) is 11.3 Å². The number of thiazole rings is 1. The van der Waals surface area contributed by atoms with Gasteiger partial charge in [0.2, 0.25) is 5.95 Å². The van der Waals surface area contributed by atoms with Crippen LogP contribution in [-0.4, -0.2) is 89.1 Å². The summed E-state index contributed by atoms with van der Waals surface area (Å²) >= 11 is 1.52. The minimum atomic E-state index is -3.31. The molecule has 0 amide bonds. The average Bonchev–Trinajstić information content (AvgIpc) is 3.53. The summed E-state index contributed by atoms with van der Waals surface area (Å²) in [6.07, 6.45) is 4.83. The van der Waals surface area contributed by atoms with Gasteiger partial charge in [0.15, 0.2) is 0 Å². The Hall–Kier alpha value is -2.16. The van der Waals surface area contributed by atoms with Crippen molar-refractivity contribution in [2.45, 2.75) is 43.4 Å². The third kappa shape index (κ3) is 6.29. The van der Waals surface area contributed by atoms with E-state index in [1.807, 2.05) is 12.3 Å². The number of halogens is 1. The van der Waals surface area contributed by atoms with Crippen LogP contribution in [0.5, 0.6) is 0 Å². The molecule has 0 aromatic carbocycles. The maximum absolute atomic E-state index is 11.8. The molecule has 0 radical (unpaired) electrons. The SMILES string of the molecule is COCCNc1ncc(-c2nc3c(C4CC4)nccc3s2)c(N[C@@H]2C[C@H](CS(C)(=O)=O)[C@@H](O)[C@H]2O)n1.Cl. The molecule has 11 nitrogen and oxygen atoms in total. The van der Waals surface area contributed by atoms with Crippen LogP contribution in [0.4, 0.5) is 11.8 Å². The Bertz CT molecular complexity index is 1350. The fraction of sp³-hybridized carbons (Fsp3) is 0.565. The van der Waals surface area contributed by atoms with Gasteiger partial charge in [0.1, 0.15) is 32.3 Å². The van der Waals surface area contributed by atoms with Crippen LogP contribution in [0.15, 0.2) is 18.5 Å². The van der Waals surface area contributed by atoms with Crippen molar-refractivity contribution in [3.05, 3.63) is 24.2 Å². The van der Waals surface area contributed by atoms with Gasteiger partial charge in [0, 0.05) is 44.1 Å². The smallest absolute Gasteiger partial charge is 0.224 e. The van der Waals surface area contributed by atoms with Crippen molar-refractivity contribution in [2.24, 2.45) is 5.92 Å². The first-order valence-corrected chi connectivity index (χ1v) is 14.8. The number of hydrogen-bond donors (Lipinski definition) is 4. The molecule has 2 saturated carbocycles. The van der Waals surface area contributed by atoms with Gasteiger partial charge >= 0.3 is 0 Å². The lowest BCUT2D eigenvalue weighted by Gasteiger charge is -2.20. The average molecular weight is 571 g/mol. The number of nitrogens with zero attached hydrogens (tertiary/aromatic N) is 4. The molecule has 0 bridgehead atoms. The fourth-order valence-electron chi connectivity index (χ4n) is 4.64. The van der Waals surface area contributed by atoms with Crippen molar-refractivity contribution in [3.8, 4) is 10.6 Å². The summed E-state index contributed by atoms with van der Waals surface area (Å²) in [5.74, 6) is 0.499. The van der Waals surface area contributed by atoms with Gasteiger partial charge in [-0.15, -0.1) is 23.7 Å². The first-order valence-electron chi connectivity index (χ1n) is 11.9. The highest BCUT2D eigenvalue weighted by Gasteiger charge is 2.43. The van der Waals surface area contributed by atoms with Gasteiger partial charge in [0.25, 0.3) is 0 Å².